The number of benzene rings is 1. The van der Waals surface area contributed by atoms with Crippen molar-refractivity contribution in [3.05, 3.63) is 64.2 Å². The number of nitrogens with zero attached hydrogens (tertiary/aromatic N) is 2. The van der Waals surface area contributed by atoms with E-state index in [0.717, 1.165) is 17.8 Å². The van der Waals surface area contributed by atoms with Crippen LogP contribution in [0.3, 0.4) is 0 Å². The molecule has 1 atom stereocenters. The van der Waals surface area contributed by atoms with Crippen LogP contribution in [0.5, 0.6) is 0 Å². The lowest BCUT2D eigenvalue weighted by Crippen LogP contribution is -2.11. The van der Waals surface area contributed by atoms with Crippen molar-refractivity contribution in [1.29, 1.82) is 0 Å². The van der Waals surface area contributed by atoms with Crippen molar-refractivity contribution >= 4 is 11.4 Å². The summed E-state index contributed by atoms with van der Waals surface area (Å²) in [5.41, 5.74) is 1.53. The van der Waals surface area contributed by atoms with Gasteiger partial charge >= 0.3 is 0 Å². The number of hydrogen-bond donors (Lipinski definition) is 1. The molecule has 1 aromatic heterocycles. The molecular formula is C14H14FN3O2. The van der Waals surface area contributed by atoms with E-state index >= 15 is 0 Å². The van der Waals surface area contributed by atoms with Crippen LogP contribution in [0, 0.1) is 15.9 Å². The highest BCUT2D eigenvalue weighted by Crippen LogP contribution is 2.23. The van der Waals surface area contributed by atoms with Crippen LogP contribution < -0.4 is 5.32 Å². The SMILES string of the molecule is CCC(Nc1ccc([N+](=O)[O-])cc1)c1ccc(F)cn1. The Hall–Kier alpha value is -2.50. The predicted octanol–water partition coefficient (Wildman–Crippen LogP) is 3.69. The van der Waals surface area contributed by atoms with Gasteiger partial charge in [0.25, 0.3) is 5.69 Å². The van der Waals surface area contributed by atoms with Gasteiger partial charge in [0.15, 0.2) is 0 Å². The molecule has 1 aromatic carbocycles. The average Bonchev–Trinajstić information content (AvgIpc) is 2.46. The molecule has 0 aliphatic heterocycles. The van der Waals surface area contributed by atoms with E-state index in [4.69, 9.17) is 0 Å². The van der Waals surface area contributed by atoms with Gasteiger partial charge in [-0.15, -0.1) is 0 Å². The van der Waals surface area contributed by atoms with E-state index in [0.29, 0.717) is 0 Å². The molecule has 5 nitrogen and oxygen atoms in total. The Morgan fingerprint density at radius 1 is 1.30 bits per heavy atom. The van der Waals surface area contributed by atoms with Crippen LogP contribution in [0.15, 0.2) is 42.6 Å². The van der Waals surface area contributed by atoms with E-state index in [1.165, 1.54) is 24.4 Å². The molecule has 20 heavy (non-hydrogen) atoms. The highest BCUT2D eigenvalue weighted by molar-refractivity contribution is 5.49. The van der Waals surface area contributed by atoms with Gasteiger partial charge in [-0.2, -0.15) is 0 Å². The second-order valence-electron chi connectivity index (χ2n) is 4.31. The van der Waals surface area contributed by atoms with Crippen LogP contribution >= 0.6 is 0 Å². The molecule has 0 radical (unpaired) electrons. The summed E-state index contributed by atoms with van der Waals surface area (Å²) in [6.07, 6.45) is 1.94. The number of halogens is 1. The summed E-state index contributed by atoms with van der Waals surface area (Å²) in [5, 5.41) is 13.8. The Kier molecular flexibility index (Phi) is 4.24. The van der Waals surface area contributed by atoms with Gasteiger partial charge in [-0.3, -0.25) is 15.1 Å². The highest BCUT2D eigenvalue weighted by atomic mass is 19.1. The zero-order chi connectivity index (χ0) is 14.5. The summed E-state index contributed by atoms with van der Waals surface area (Å²) in [7, 11) is 0. The van der Waals surface area contributed by atoms with E-state index < -0.39 is 4.92 Å². The number of rotatable bonds is 5. The number of non-ortho nitro benzene ring substituents is 1. The topological polar surface area (TPSA) is 68.1 Å². The maximum atomic E-state index is 12.9. The number of nitrogens with one attached hydrogen (secondary N) is 1. The first-order valence-electron chi connectivity index (χ1n) is 6.22. The lowest BCUT2D eigenvalue weighted by atomic mass is 10.1. The Balaban J connectivity index is 2.13. The van der Waals surface area contributed by atoms with Gasteiger partial charge in [-0.1, -0.05) is 6.92 Å². The van der Waals surface area contributed by atoms with Gasteiger partial charge < -0.3 is 5.32 Å². The van der Waals surface area contributed by atoms with E-state index in [1.807, 2.05) is 6.92 Å². The number of pyridine rings is 1. The average molecular weight is 275 g/mol. The number of anilines is 1. The van der Waals surface area contributed by atoms with Crippen molar-refractivity contribution in [2.45, 2.75) is 19.4 Å². The summed E-state index contributed by atoms with van der Waals surface area (Å²) in [6, 6.07) is 9.08. The van der Waals surface area contributed by atoms with E-state index in [2.05, 4.69) is 10.3 Å². The summed E-state index contributed by atoms with van der Waals surface area (Å²) < 4.78 is 12.9. The minimum absolute atomic E-state index is 0.0449. The number of aromatic nitrogens is 1. The van der Waals surface area contributed by atoms with Crippen molar-refractivity contribution in [2.24, 2.45) is 0 Å². The van der Waals surface area contributed by atoms with Crippen LogP contribution in [-0.2, 0) is 0 Å². The normalized spacial score (nSPS) is 11.9. The molecule has 0 aliphatic carbocycles. The minimum atomic E-state index is -0.442. The zero-order valence-corrected chi connectivity index (χ0v) is 10.9. The second-order valence-corrected chi connectivity index (χ2v) is 4.31. The Labute approximate surface area is 115 Å². The van der Waals surface area contributed by atoms with Crippen LogP contribution in [0.1, 0.15) is 25.1 Å². The minimum Gasteiger partial charge on any atom is -0.377 e. The first-order chi connectivity index (χ1) is 9.60. The molecule has 0 aliphatic rings. The van der Waals surface area contributed by atoms with Crippen LogP contribution in [0.2, 0.25) is 0 Å². The molecule has 0 amide bonds. The molecule has 0 saturated carbocycles. The van der Waals surface area contributed by atoms with Gasteiger partial charge in [-0.05, 0) is 30.7 Å². The lowest BCUT2D eigenvalue weighted by molar-refractivity contribution is -0.384. The van der Waals surface area contributed by atoms with Crippen molar-refractivity contribution in [3.63, 3.8) is 0 Å². The van der Waals surface area contributed by atoms with Crippen molar-refractivity contribution in [1.82, 2.24) is 4.98 Å². The van der Waals surface area contributed by atoms with Crippen molar-refractivity contribution < 1.29 is 9.31 Å². The third-order valence-corrected chi connectivity index (χ3v) is 2.93. The molecule has 0 fully saturated rings. The largest absolute Gasteiger partial charge is 0.377 e. The molecule has 0 spiro atoms. The molecule has 104 valence electrons. The summed E-state index contributed by atoms with van der Waals surface area (Å²) >= 11 is 0. The maximum Gasteiger partial charge on any atom is 0.269 e. The van der Waals surface area contributed by atoms with E-state index in [9.17, 15) is 14.5 Å². The number of nitro benzene ring substituents is 1. The monoisotopic (exact) mass is 275 g/mol. The number of nitro groups is 1. The van der Waals surface area contributed by atoms with Gasteiger partial charge in [0.05, 0.1) is 22.9 Å². The van der Waals surface area contributed by atoms with E-state index in [-0.39, 0.29) is 17.5 Å². The van der Waals surface area contributed by atoms with Crippen LogP contribution in [0.25, 0.3) is 0 Å². The van der Waals surface area contributed by atoms with Crippen molar-refractivity contribution in [2.75, 3.05) is 5.32 Å². The quantitative estimate of drug-likeness (QED) is 0.667. The standard InChI is InChI=1S/C14H14FN3O2/c1-2-13(14-8-3-10(15)9-16-14)17-11-4-6-12(7-5-11)18(19)20/h3-9,13,17H,2H2,1H3. The molecular weight excluding hydrogens is 261 g/mol. The fourth-order valence-electron chi connectivity index (χ4n) is 1.86. The molecule has 1 heterocycles. The molecule has 1 N–H and O–H groups in total. The molecule has 6 heteroatoms. The summed E-state index contributed by atoms with van der Waals surface area (Å²) in [6.45, 7) is 1.98. The first kappa shape index (κ1) is 13.9. The Bertz CT molecular complexity index is 584. The molecule has 0 saturated heterocycles. The van der Waals surface area contributed by atoms with Crippen LogP contribution in [-0.4, -0.2) is 9.91 Å². The maximum absolute atomic E-state index is 12.9. The molecule has 1 unspecified atom stereocenters. The van der Waals surface area contributed by atoms with Gasteiger partial charge in [-0.25, -0.2) is 4.39 Å². The van der Waals surface area contributed by atoms with E-state index in [1.54, 1.807) is 18.2 Å². The number of hydrogen-bond acceptors (Lipinski definition) is 4. The third kappa shape index (κ3) is 3.28. The van der Waals surface area contributed by atoms with Gasteiger partial charge in [0.2, 0.25) is 0 Å². The lowest BCUT2D eigenvalue weighted by Gasteiger charge is -2.17. The molecule has 0 bridgehead atoms. The molecule has 2 rings (SSSR count). The summed E-state index contributed by atoms with van der Waals surface area (Å²) in [5.74, 6) is -0.376. The van der Waals surface area contributed by atoms with Gasteiger partial charge in [0.1, 0.15) is 5.82 Å². The second kappa shape index (κ2) is 6.10. The zero-order valence-electron chi connectivity index (χ0n) is 10.9. The predicted molar refractivity (Wildman–Crippen MR) is 73.9 cm³/mol. The first-order valence-corrected chi connectivity index (χ1v) is 6.22. The smallest absolute Gasteiger partial charge is 0.269 e. The van der Waals surface area contributed by atoms with Crippen molar-refractivity contribution in [3.8, 4) is 0 Å². The fraction of sp³-hybridized carbons (Fsp3) is 0.214. The fourth-order valence-corrected chi connectivity index (χ4v) is 1.86. The Morgan fingerprint density at radius 3 is 2.50 bits per heavy atom. The highest BCUT2D eigenvalue weighted by Gasteiger charge is 2.11. The molecule has 2 aromatic rings. The Morgan fingerprint density at radius 2 is 2.00 bits per heavy atom. The van der Waals surface area contributed by atoms with Crippen LogP contribution in [0.4, 0.5) is 15.8 Å². The summed E-state index contributed by atoms with van der Waals surface area (Å²) in [4.78, 5) is 14.2. The van der Waals surface area contributed by atoms with Gasteiger partial charge in [0, 0.05) is 17.8 Å². The third-order valence-electron chi connectivity index (χ3n) is 2.93.